The summed E-state index contributed by atoms with van der Waals surface area (Å²) < 4.78 is 5.36. The minimum atomic E-state index is -0.201. The van der Waals surface area contributed by atoms with E-state index in [1.54, 1.807) is 12.3 Å². The van der Waals surface area contributed by atoms with E-state index in [1.807, 2.05) is 6.92 Å². The maximum atomic E-state index is 5.36. The first-order valence-electron chi connectivity index (χ1n) is 6.07. The SMILES string of the molecule is Cc1nccc(-c2noc(C3(C)CCCN3)n2)n1. The molecular formula is C12H15N5O. The zero-order valence-electron chi connectivity index (χ0n) is 10.5. The lowest BCUT2D eigenvalue weighted by Crippen LogP contribution is -2.33. The summed E-state index contributed by atoms with van der Waals surface area (Å²) in [7, 11) is 0. The summed E-state index contributed by atoms with van der Waals surface area (Å²) in [5.74, 6) is 1.85. The molecule has 2 aromatic rings. The molecule has 6 nitrogen and oxygen atoms in total. The van der Waals surface area contributed by atoms with E-state index in [9.17, 15) is 0 Å². The molecule has 0 bridgehead atoms. The van der Waals surface area contributed by atoms with Gasteiger partial charge in [-0.05, 0) is 39.3 Å². The van der Waals surface area contributed by atoms with Crippen molar-refractivity contribution in [3.63, 3.8) is 0 Å². The maximum Gasteiger partial charge on any atom is 0.247 e. The molecule has 3 heterocycles. The molecule has 0 spiro atoms. The summed E-state index contributed by atoms with van der Waals surface area (Å²) in [6.45, 7) is 4.91. The summed E-state index contributed by atoms with van der Waals surface area (Å²) >= 11 is 0. The number of hydrogen-bond acceptors (Lipinski definition) is 6. The summed E-state index contributed by atoms with van der Waals surface area (Å²) in [6, 6.07) is 1.78. The standard InChI is InChI=1S/C12H15N5O/c1-8-13-7-4-9(15-8)10-16-11(18-17-10)12(2)5-3-6-14-12/h4,7,14H,3,5-6H2,1-2H3. The molecule has 2 aromatic heterocycles. The van der Waals surface area contributed by atoms with Crippen LogP contribution in [0.2, 0.25) is 0 Å². The Labute approximate surface area is 105 Å². The smallest absolute Gasteiger partial charge is 0.247 e. The minimum absolute atomic E-state index is 0.201. The van der Waals surface area contributed by atoms with Gasteiger partial charge in [-0.2, -0.15) is 4.98 Å². The minimum Gasteiger partial charge on any atom is -0.337 e. The normalized spacial score (nSPS) is 23.4. The van der Waals surface area contributed by atoms with Crippen LogP contribution in [0.4, 0.5) is 0 Å². The van der Waals surface area contributed by atoms with Gasteiger partial charge in [0.05, 0.1) is 5.54 Å². The summed E-state index contributed by atoms with van der Waals surface area (Å²) in [5, 5.41) is 7.40. The van der Waals surface area contributed by atoms with Crippen LogP contribution in [0.3, 0.4) is 0 Å². The van der Waals surface area contributed by atoms with Crippen molar-refractivity contribution in [2.45, 2.75) is 32.2 Å². The molecule has 0 aliphatic carbocycles. The average Bonchev–Trinajstić information content (AvgIpc) is 2.98. The van der Waals surface area contributed by atoms with Gasteiger partial charge in [0.15, 0.2) is 0 Å². The quantitative estimate of drug-likeness (QED) is 0.862. The largest absolute Gasteiger partial charge is 0.337 e. The van der Waals surface area contributed by atoms with E-state index in [0.29, 0.717) is 23.2 Å². The van der Waals surface area contributed by atoms with Gasteiger partial charge in [-0.25, -0.2) is 9.97 Å². The number of aromatic nitrogens is 4. The maximum absolute atomic E-state index is 5.36. The molecule has 3 rings (SSSR count). The van der Waals surface area contributed by atoms with Gasteiger partial charge in [-0.15, -0.1) is 0 Å². The fourth-order valence-electron chi connectivity index (χ4n) is 2.21. The van der Waals surface area contributed by atoms with Gasteiger partial charge < -0.3 is 9.84 Å². The van der Waals surface area contributed by atoms with E-state index < -0.39 is 0 Å². The Kier molecular flexibility index (Phi) is 2.59. The van der Waals surface area contributed by atoms with Crippen molar-refractivity contribution >= 4 is 0 Å². The van der Waals surface area contributed by atoms with Crippen LogP contribution in [0.1, 0.15) is 31.5 Å². The molecule has 0 radical (unpaired) electrons. The van der Waals surface area contributed by atoms with Crippen LogP contribution in [0, 0.1) is 6.92 Å². The number of nitrogens with one attached hydrogen (secondary N) is 1. The molecule has 1 aliphatic heterocycles. The van der Waals surface area contributed by atoms with Crippen molar-refractivity contribution in [3.05, 3.63) is 24.0 Å². The average molecular weight is 245 g/mol. The van der Waals surface area contributed by atoms with Crippen LogP contribution in [-0.2, 0) is 5.54 Å². The molecule has 94 valence electrons. The summed E-state index contributed by atoms with van der Waals surface area (Å²) in [4.78, 5) is 12.8. The van der Waals surface area contributed by atoms with Crippen LogP contribution in [0.5, 0.6) is 0 Å². The Morgan fingerprint density at radius 2 is 2.28 bits per heavy atom. The molecule has 1 aliphatic rings. The van der Waals surface area contributed by atoms with Crippen LogP contribution >= 0.6 is 0 Å². The van der Waals surface area contributed by atoms with Gasteiger partial charge in [0.1, 0.15) is 11.5 Å². The van der Waals surface area contributed by atoms with E-state index in [0.717, 1.165) is 19.4 Å². The monoisotopic (exact) mass is 245 g/mol. The number of hydrogen-bond donors (Lipinski definition) is 1. The van der Waals surface area contributed by atoms with Crippen molar-refractivity contribution in [1.29, 1.82) is 0 Å². The van der Waals surface area contributed by atoms with Crippen LogP contribution in [0.15, 0.2) is 16.8 Å². The summed E-state index contributed by atoms with van der Waals surface area (Å²) in [6.07, 6.45) is 3.83. The van der Waals surface area contributed by atoms with Crippen molar-refractivity contribution < 1.29 is 4.52 Å². The molecule has 1 fully saturated rings. The number of rotatable bonds is 2. The highest BCUT2D eigenvalue weighted by Crippen LogP contribution is 2.29. The Hall–Kier alpha value is -1.82. The van der Waals surface area contributed by atoms with E-state index >= 15 is 0 Å². The third-order valence-corrected chi connectivity index (χ3v) is 3.27. The van der Waals surface area contributed by atoms with E-state index in [1.165, 1.54) is 0 Å². The molecule has 1 saturated heterocycles. The fraction of sp³-hybridized carbons (Fsp3) is 0.500. The van der Waals surface area contributed by atoms with Gasteiger partial charge in [0.25, 0.3) is 0 Å². The van der Waals surface area contributed by atoms with Crippen molar-refractivity contribution in [3.8, 4) is 11.5 Å². The fourth-order valence-corrected chi connectivity index (χ4v) is 2.21. The molecule has 1 unspecified atom stereocenters. The Balaban J connectivity index is 1.94. The lowest BCUT2D eigenvalue weighted by Gasteiger charge is -2.18. The lowest BCUT2D eigenvalue weighted by molar-refractivity contribution is 0.275. The first-order chi connectivity index (χ1) is 8.67. The molecule has 0 amide bonds. The van der Waals surface area contributed by atoms with Gasteiger partial charge in [0.2, 0.25) is 11.7 Å². The molecule has 1 atom stereocenters. The Bertz CT molecular complexity index is 559. The highest BCUT2D eigenvalue weighted by atomic mass is 16.5. The molecule has 18 heavy (non-hydrogen) atoms. The summed E-state index contributed by atoms with van der Waals surface area (Å²) in [5.41, 5.74) is 0.493. The van der Waals surface area contributed by atoms with E-state index in [-0.39, 0.29) is 5.54 Å². The van der Waals surface area contributed by atoms with Gasteiger partial charge in [-0.1, -0.05) is 5.16 Å². The Morgan fingerprint density at radius 1 is 1.39 bits per heavy atom. The predicted octanol–water partition coefficient (Wildman–Crippen LogP) is 1.43. The highest BCUT2D eigenvalue weighted by molar-refractivity contribution is 5.47. The first-order valence-corrected chi connectivity index (χ1v) is 6.07. The lowest BCUT2D eigenvalue weighted by atomic mass is 10.0. The van der Waals surface area contributed by atoms with Crippen molar-refractivity contribution in [2.24, 2.45) is 0 Å². The molecule has 0 saturated carbocycles. The molecule has 6 heteroatoms. The predicted molar refractivity (Wildman–Crippen MR) is 64.6 cm³/mol. The van der Waals surface area contributed by atoms with Gasteiger partial charge in [0, 0.05) is 6.20 Å². The third kappa shape index (κ3) is 1.88. The zero-order chi connectivity index (χ0) is 12.6. The highest BCUT2D eigenvalue weighted by Gasteiger charge is 2.35. The molecule has 1 N–H and O–H groups in total. The Morgan fingerprint density at radius 3 is 3.00 bits per heavy atom. The zero-order valence-corrected chi connectivity index (χ0v) is 10.5. The second-order valence-corrected chi connectivity index (χ2v) is 4.77. The molecular weight excluding hydrogens is 230 g/mol. The first kappa shape index (κ1) is 11.3. The van der Waals surface area contributed by atoms with Gasteiger partial charge in [-0.3, -0.25) is 0 Å². The van der Waals surface area contributed by atoms with E-state index in [2.05, 4.69) is 32.3 Å². The topological polar surface area (TPSA) is 76.7 Å². The van der Waals surface area contributed by atoms with Crippen LogP contribution < -0.4 is 5.32 Å². The van der Waals surface area contributed by atoms with Crippen LogP contribution in [-0.4, -0.2) is 26.7 Å². The molecule has 0 aromatic carbocycles. The third-order valence-electron chi connectivity index (χ3n) is 3.27. The second kappa shape index (κ2) is 4.13. The van der Waals surface area contributed by atoms with E-state index in [4.69, 9.17) is 4.52 Å². The number of aryl methyl sites for hydroxylation is 1. The van der Waals surface area contributed by atoms with Gasteiger partial charge >= 0.3 is 0 Å². The van der Waals surface area contributed by atoms with Crippen molar-refractivity contribution in [2.75, 3.05) is 6.54 Å². The number of nitrogens with zero attached hydrogens (tertiary/aromatic N) is 4. The second-order valence-electron chi connectivity index (χ2n) is 4.77. The van der Waals surface area contributed by atoms with Crippen LogP contribution in [0.25, 0.3) is 11.5 Å². The van der Waals surface area contributed by atoms with Crippen molar-refractivity contribution in [1.82, 2.24) is 25.4 Å².